The van der Waals surface area contributed by atoms with E-state index < -0.39 is 0 Å². The fraction of sp³-hybridized carbons (Fsp3) is 0.571. The van der Waals surface area contributed by atoms with Gasteiger partial charge in [0.2, 0.25) is 0 Å². The maximum absolute atomic E-state index is 4.28. The third-order valence-corrected chi connectivity index (χ3v) is 3.48. The third-order valence-electron chi connectivity index (χ3n) is 1.70. The van der Waals surface area contributed by atoms with Gasteiger partial charge < -0.3 is 4.90 Å². The summed E-state index contributed by atoms with van der Waals surface area (Å²) >= 11 is 3.77. The van der Waals surface area contributed by atoms with Gasteiger partial charge in [-0.2, -0.15) is 11.8 Å². The Hall–Kier alpha value is -0.220. The Kier molecular flexibility index (Phi) is 2.33. The van der Waals surface area contributed by atoms with E-state index in [-0.39, 0.29) is 0 Å². The summed E-state index contributed by atoms with van der Waals surface area (Å²) in [6, 6.07) is 0. The predicted molar refractivity (Wildman–Crippen MR) is 51.7 cm³/mol. The molecule has 1 aromatic rings. The van der Waals surface area contributed by atoms with Gasteiger partial charge in [-0.05, 0) is 0 Å². The molecule has 1 saturated heterocycles. The number of thioether (sulfide) groups is 1. The van der Waals surface area contributed by atoms with Crippen molar-refractivity contribution in [3.8, 4) is 0 Å². The predicted octanol–water partition coefficient (Wildman–Crippen LogP) is 1.70. The van der Waals surface area contributed by atoms with Crippen LogP contribution >= 0.6 is 23.1 Å². The van der Waals surface area contributed by atoms with E-state index in [1.165, 1.54) is 16.6 Å². The molecule has 0 atom stereocenters. The molecule has 0 N–H and O–H groups in total. The molecule has 2 heterocycles. The average Bonchev–Trinajstić information content (AvgIpc) is 2.58. The molecule has 0 bridgehead atoms. The van der Waals surface area contributed by atoms with Crippen molar-refractivity contribution < 1.29 is 0 Å². The standard InChI is InChI=1S/C7H10N2S2/c1-4-11-7(8-1)9-2-5-10-6-3-9/h1,4H,2-3,5-6H2. The minimum absolute atomic E-state index is 1.16. The van der Waals surface area contributed by atoms with E-state index in [1.54, 1.807) is 11.3 Å². The van der Waals surface area contributed by atoms with Crippen LogP contribution in [0.5, 0.6) is 0 Å². The molecule has 1 fully saturated rings. The van der Waals surface area contributed by atoms with Crippen molar-refractivity contribution in [3.05, 3.63) is 11.6 Å². The van der Waals surface area contributed by atoms with Crippen molar-refractivity contribution in [2.75, 3.05) is 29.5 Å². The molecule has 0 aromatic carbocycles. The number of aromatic nitrogens is 1. The van der Waals surface area contributed by atoms with Crippen LogP contribution in [0.3, 0.4) is 0 Å². The SMILES string of the molecule is c1csc(N2CCSCC2)n1. The van der Waals surface area contributed by atoms with Crippen LogP contribution in [0.25, 0.3) is 0 Å². The summed E-state index contributed by atoms with van der Waals surface area (Å²) < 4.78 is 0. The Bertz CT molecular complexity index is 204. The van der Waals surface area contributed by atoms with Gasteiger partial charge >= 0.3 is 0 Å². The molecular formula is C7H10N2S2. The largest absolute Gasteiger partial charge is 0.346 e. The second kappa shape index (κ2) is 3.45. The third kappa shape index (κ3) is 1.68. The minimum Gasteiger partial charge on any atom is -0.346 e. The van der Waals surface area contributed by atoms with Gasteiger partial charge in [-0.15, -0.1) is 11.3 Å². The number of rotatable bonds is 1. The Balaban J connectivity index is 2.04. The van der Waals surface area contributed by atoms with Gasteiger partial charge in [0.05, 0.1) is 0 Å². The first-order valence-corrected chi connectivity index (χ1v) is 5.72. The Morgan fingerprint density at radius 3 is 2.82 bits per heavy atom. The van der Waals surface area contributed by atoms with Crippen LogP contribution in [-0.2, 0) is 0 Å². The van der Waals surface area contributed by atoms with Gasteiger partial charge in [0.25, 0.3) is 0 Å². The summed E-state index contributed by atoms with van der Waals surface area (Å²) in [6.45, 7) is 2.33. The van der Waals surface area contributed by atoms with Crippen LogP contribution in [0.2, 0.25) is 0 Å². The molecule has 0 spiro atoms. The first-order chi connectivity index (χ1) is 5.47. The maximum atomic E-state index is 4.28. The molecule has 0 saturated carbocycles. The van der Waals surface area contributed by atoms with Crippen LogP contribution in [0.1, 0.15) is 0 Å². The first kappa shape index (κ1) is 7.43. The lowest BCUT2D eigenvalue weighted by Crippen LogP contribution is -2.32. The van der Waals surface area contributed by atoms with Crippen LogP contribution < -0.4 is 4.90 Å². The van der Waals surface area contributed by atoms with Crippen LogP contribution in [0.4, 0.5) is 5.13 Å². The number of hydrogen-bond donors (Lipinski definition) is 0. The van der Waals surface area contributed by atoms with Gasteiger partial charge in [0, 0.05) is 36.2 Å². The monoisotopic (exact) mass is 186 g/mol. The van der Waals surface area contributed by atoms with Gasteiger partial charge in [0.1, 0.15) is 0 Å². The second-order valence-corrected chi connectivity index (χ2v) is 4.51. The van der Waals surface area contributed by atoms with Crippen molar-refractivity contribution in [3.63, 3.8) is 0 Å². The summed E-state index contributed by atoms with van der Waals surface area (Å²) in [6.07, 6.45) is 1.88. The van der Waals surface area contributed by atoms with E-state index in [0.29, 0.717) is 0 Å². The zero-order valence-corrected chi connectivity index (χ0v) is 7.83. The summed E-state index contributed by atoms with van der Waals surface area (Å²) in [5.41, 5.74) is 0. The molecule has 1 aliphatic rings. The quantitative estimate of drug-likeness (QED) is 0.664. The molecule has 4 heteroatoms. The van der Waals surface area contributed by atoms with Crippen molar-refractivity contribution in [2.24, 2.45) is 0 Å². The zero-order valence-electron chi connectivity index (χ0n) is 6.19. The highest BCUT2D eigenvalue weighted by molar-refractivity contribution is 7.99. The molecule has 0 unspecified atom stereocenters. The number of nitrogens with zero attached hydrogens (tertiary/aromatic N) is 2. The molecule has 0 radical (unpaired) electrons. The summed E-state index contributed by atoms with van der Waals surface area (Å²) in [5, 5.41) is 3.22. The van der Waals surface area contributed by atoms with Gasteiger partial charge in [-0.3, -0.25) is 0 Å². The first-order valence-electron chi connectivity index (χ1n) is 3.69. The Labute approximate surface area is 74.6 Å². The van der Waals surface area contributed by atoms with E-state index in [9.17, 15) is 0 Å². The van der Waals surface area contributed by atoms with Gasteiger partial charge in [-0.25, -0.2) is 4.98 Å². The molecule has 2 nitrogen and oxygen atoms in total. The Morgan fingerprint density at radius 2 is 2.18 bits per heavy atom. The number of thiazole rings is 1. The van der Waals surface area contributed by atoms with Crippen molar-refractivity contribution in [1.82, 2.24) is 4.98 Å². The fourth-order valence-corrected chi connectivity index (χ4v) is 2.73. The van der Waals surface area contributed by atoms with Gasteiger partial charge in [0.15, 0.2) is 5.13 Å². The highest BCUT2D eigenvalue weighted by Crippen LogP contribution is 2.20. The van der Waals surface area contributed by atoms with Crippen molar-refractivity contribution in [1.29, 1.82) is 0 Å². The molecule has 0 aliphatic carbocycles. The van der Waals surface area contributed by atoms with E-state index in [0.717, 1.165) is 13.1 Å². The zero-order chi connectivity index (χ0) is 7.52. The molecule has 1 aromatic heterocycles. The maximum Gasteiger partial charge on any atom is 0.185 e. The summed E-state index contributed by atoms with van der Waals surface area (Å²) in [7, 11) is 0. The fourth-order valence-electron chi connectivity index (χ4n) is 1.13. The summed E-state index contributed by atoms with van der Waals surface area (Å²) in [5.74, 6) is 2.50. The highest BCUT2D eigenvalue weighted by atomic mass is 32.2. The molecule has 60 valence electrons. The van der Waals surface area contributed by atoms with E-state index >= 15 is 0 Å². The molecule has 11 heavy (non-hydrogen) atoms. The van der Waals surface area contributed by atoms with E-state index in [1.807, 2.05) is 23.3 Å². The topological polar surface area (TPSA) is 16.1 Å². The second-order valence-electron chi connectivity index (χ2n) is 2.41. The molecule has 1 aliphatic heterocycles. The summed E-state index contributed by atoms with van der Waals surface area (Å²) in [4.78, 5) is 6.64. The van der Waals surface area contributed by atoms with E-state index in [4.69, 9.17) is 0 Å². The minimum atomic E-state index is 1.16. The lowest BCUT2D eigenvalue weighted by atomic mass is 10.5. The van der Waals surface area contributed by atoms with Crippen molar-refractivity contribution >= 4 is 28.2 Å². The lowest BCUT2D eigenvalue weighted by molar-refractivity contribution is 0.853. The average molecular weight is 186 g/mol. The molecule has 2 rings (SSSR count). The number of anilines is 1. The smallest absolute Gasteiger partial charge is 0.185 e. The van der Waals surface area contributed by atoms with Crippen LogP contribution in [-0.4, -0.2) is 29.6 Å². The number of hydrogen-bond acceptors (Lipinski definition) is 4. The normalized spacial score (nSPS) is 18.7. The molecular weight excluding hydrogens is 176 g/mol. The highest BCUT2D eigenvalue weighted by Gasteiger charge is 2.11. The lowest BCUT2D eigenvalue weighted by Gasteiger charge is -2.25. The van der Waals surface area contributed by atoms with Crippen LogP contribution in [0, 0.1) is 0 Å². The van der Waals surface area contributed by atoms with Crippen molar-refractivity contribution in [2.45, 2.75) is 0 Å². The molecule has 0 amide bonds. The van der Waals surface area contributed by atoms with Gasteiger partial charge in [-0.1, -0.05) is 0 Å². The van der Waals surface area contributed by atoms with E-state index in [2.05, 4.69) is 9.88 Å². The Morgan fingerprint density at radius 1 is 1.36 bits per heavy atom. The van der Waals surface area contributed by atoms with Crippen LogP contribution in [0.15, 0.2) is 11.6 Å².